The number of phosphoric acid groups is 1. The van der Waals surface area contributed by atoms with Gasteiger partial charge in [0.05, 0.1) is 27.7 Å². The predicted octanol–water partition coefficient (Wildman–Crippen LogP) is 12.9. The third kappa shape index (κ3) is 43.9. The van der Waals surface area contributed by atoms with Gasteiger partial charge in [0.2, 0.25) is 0 Å². The van der Waals surface area contributed by atoms with E-state index < -0.39 is 26.5 Å². The molecule has 0 aromatic heterocycles. The highest BCUT2D eigenvalue weighted by atomic mass is 31.2. The Morgan fingerprint density at radius 2 is 0.965 bits per heavy atom. The summed E-state index contributed by atoms with van der Waals surface area (Å²) in [6, 6.07) is 0. The number of nitrogens with zero attached hydrogens (tertiary/aromatic N) is 1. The van der Waals surface area contributed by atoms with Gasteiger partial charge in [-0.05, 0) is 38.5 Å². The number of phosphoric ester groups is 1. The molecular formula is C47H90NO8P. The van der Waals surface area contributed by atoms with E-state index in [2.05, 4.69) is 38.2 Å². The van der Waals surface area contributed by atoms with Crippen molar-refractivity contribution in [3.8, 4) is 0 Å². The number of carbonyl (C=O) groups is 2. The van der Waals surface area contributed by atoms with E-state index in [4.69, 9.17) is 18.5 Å². The Bertz CT molecular complexity index is 1030. The summed E-state index contributed by atoms with van der Waals surface area (Å²) in [6.07, 6.45) is 43.5. The molecule has 2 atom stereocenters. The molecule has 0 heterocycles. The number of allylic oxidation sites excluding steroid dienone is 4. The Morgan fingerprint density at radius 1 is 0.544 bits per heavy atom. The van der Waals surface area contributed by atoms with Crippen LogP contribution in [0.25, 0.3) is 0 Å². The van der Waals surface area contributed by atoms with Crippen molar-refractivity contribution in [1.29, 1.82) is 0 Å². The van der Waals surface area contributed by atoms with Crippen molar-refractivity contribution in [3.63, 3.8) is 0 Å². The second kappa shape index (κ2) is 39.9. The molecule has 0 aromatic carbocycles. The molecule has 0 aliphatic rings. The van der Waals surface area contributed by atoms with Gasteiger partial charge in [0, 0.05) is 12.8 Å². The molecule has 0 radical (unpaired) electrons. The number of hydrogen-bond donors (Lipinski definition) is 0. The van der Waals surface area contributed by atoms with E-state index in [1.807, 2.05) is 21.1 Å². The maximum absolute atomic E-state index is 12.7. The monoisotopic (exact) mass is 828 g/mol. The van der Waals surface area contributed by atoms with Crippen LogP contribution in [0.5, 0.6) is 0 Å². The predicted molar refractivity (Wildman–Crippen MR) is 236 cm³/mol. The van der Waals surface area contributed by atoms with Gasteiger partial charge >= 0.3 is 11.9 Å². The number of unbranched alkanes of at least 4 members (excludes halogenated alkanes) is 25. The lowest BCUT2D eigenvalue weighted by atomic mass is 10.0. The minimum atomic E-state index is -4.63. The Morgan fingerprint density at radius 3 is 1.44 bits per heavy atom. The van der Waals surface area contributed by atoms with Crippen molar-refractivity contribution in [2.75, 3.05) is 47.5 Å². The molecule has 0 aliphatic heterocycles. The van der Waals surface area contributed by atoms with E-state index in [1.165, 1.54) is 116 Å². The second-order valence-electron chi connectivity index (χ2n) is 17.1. The SMILES string of the molecule is CCCC/C=C\C/C=C\CCCCCCCC(=O)O[C@H](COC(=O)CCCCCCCCCCCCCCCCCCCCC)COP(=O)([O-])OCC[N+](C)(C)C. The summed E-state index contributed by atoms with van der Waals surface area (Å²) in [5.74, 6) is -0.842. The maximum atomic E-state index is 12.7. The number of carbonyl (C=O) groups excluding carboxylic acids is 2. The zero-order valence-corrected chi connectivity index (χ0v) is 38.7. The molecule has 0 saturated heterocycles. The zero-order chi connectivity index (χ0) is 42.1. The number of hydrogen-bond acceptors (Lipinski definition) is 8. The summed E-state index contributed by atoms with van der Waals surface area (Å²) in [4.78, 5) is 37.6. The van der Waals surface area contributed by atoms with Crippen LogP contribution >= 0.6 is 7.82 Å². The van der Waals surface area contributed by atoms with Gasteiger partial charge < -0.3 is 27.9 Å². The van der Waals surface area contributed by atoms with Gasteiger partial charge in [-0.25, -0.2) is 0 Å². The molecule has 0 bridgehead atoms. The zero-order valence-electron chi connectivity index (χ0n) is 37.8. The fraction of sp³-hybridized carbons (Fsp3) is 0.872. The lowest BCUT2D eigenvalue weighted by Gasteiger charge is -2.28. The molecule has 0 aliphatic carbocycles. The van der Waals surface area contributed by atoms with Gasteiger partial charge in [-0.15, -0.1) is 0 Å². The Hall–Kier alpha value is -1.51. The van der Waals surface area contributed by atoms with Gasteiger partial charge in [-0.1, -0.05) is 186 Å². The van der Waals surface area contributed by atoms with E-state index in [-0.39, 0.29) is 32.0 Å². The number of likely N-dealkylation sites (N-methyl/N-ethyl adjacent to an activating group) is 1. The fourth-order valence-electron chi connectivity index (χ4n) is 6.50. The molecule has 57 heavy (non-hydrogen) atoms. The molecule has 0 amide bonds. The lowest BCUT2D eigenvalue weighted by molar-refractivity contribution is -0.870. The number of quaternary nitrogens is 1. The Balaban J connectivity index is 4.27. The third-order valence-electron chi connectivity index (χ3n) is 10.2. The van der Waals surface area contributed by atoms with Gasteiger partial charge in [0.1, 0.15) is 19.8 Å². The summed E-state index contributed by atoms with van der Waals surface area (Å²) >= 11 is 0. The van der Waals surface area contributed by atoms with Crippen LogP contribution in [0.3, 0.4) is 0 Å². The molecule has 0 aromatic rings. The van der Waals surface area contributed by atoms with E-state index in [0.29, 0.717) is 17.4 Å². The average Bonchev–Trinajstić information content (AvgIpc) is 3.16. The lowest BCUT2D eigenvalue weighted by Crippen LogP contribution is -2.37. The van der Waals surface area contributed by atoms with Crippen LogP contribution in [0.1, 0.15) is 213 Å². The molecular weight excluding hydrogens is 737 g/mol. The first-order chi connectivity index (χ1) is 27.5. The minimum absolute atomic E-state index is 0.0318. The van der Waals surface area contributed by atoms with Crippen molar-refractivity contribution in [2.24, 2.45) is 0 Å². The standard InChI is InChI=1S/C47H90NO8P/c1-6-8-10-12-14-16-18-20-22-23-24-25-26-28-29-31-33-35-37-39-46(49)53-43-45(44-55-57(51,52)54-42-41-48(3,4)5)56-47(50)40-38-36-34-32-30-27-21-19-17-15-13-11-9-7-2/h13,15,19,21,45H,6-12,14,16-18,20,22-44H2,1-5H3/b15-13-,21-19-/t45-/m1/s1. The Labute approximate surface area is 351 Å². The van der Waals surface area contributed by atoms with Gasteiger partial charge in [-0.2, -0.15) is 0 Å². The van der Waals surface area contributed by atoms with Gasteiger partial charge in [0.15, 0.2) is 6.10 Å². The van der Waals surface area contributed by atoms with Crippen molar-refractivity contribution >= 4 is 19.8 Å². The van der Waals surface area contributed by atoms with Gasteiger partial charge in [-0.3, -0.25) is 14.2 Å². The van der Waals surface area contributed by atoms with Crippen LogP contribution in [0.4, 0.5) is 0 Å². The fourth-order valence-corrected chi connectivity index (χ4v) is 7.22. The van der Waals surface area contributed by atoms with Crippen LogP contribution in [-0.4, -0.2) is 70.0 Å². The second-order valence-corrected chi connectivity index (χ2v) is 18.5. The molecule has 0 saturated carbocycles. The van der Waals surface area contributed by atoms with Crippen LogP contribution in [0.2, 0.25) is 0 Å². The average molecular weight is 828 g/mol. The highest BCUT2D eigenvalue weighted by Gasteiger charge is 2.21. The van der Waals surface area contributed by atoms with E-state index in [0.717, 1.165) is 64.2 Å². The molecule has 0 N–H and O–H groups in total. The van der Waals surface area contributed by atoms with Crippen LogP contribution in [0.15, 0.2) is 24.3 Å². The van der Waals surface area contributed by atoms with Crippen molar-refractivity contribution in [1.82, 2.24) is 0 Å². The molecule has 336 valence electrons. The van der Waals surface area contributed by atoms with Crippen molar-refractivity contribution in [2.45, 2.75) is 219 Å². The van der Waals surface area contributed by atoms with E-state index >= 15 is 0 Å². The molecule has 0 rings (SSSR count). The summed E-state index contributed by atoms with van der Waals surface area (Å²) in [7, 11) is 1.16. The molecule has 10 heteroatoms. The topological polar surface area (TPSA) is 111 Å². The third-order valence-corrected chi connectivity index (χ3v) is 11.2. The number of ether oxygens (including phenoxy) is 2. The summed E-state index contributed by atoms with van der Waals surface area (Å²) in [5.41, 5.74) is 0. The van der Waals surface area contributed by atoms with Crippen LogP contribution < -0.4 is 4.89 Å². The normalized spacial score (nSPS) is 13.7. The maximum Gasteiger partial charge on any atom is 0.306 e. The van der Waals surface area contributed by atoms with Gasteiger partial charge in [0.25, 0.3) is 7.82 Å². The highest BCUT2D eigenvalue weighted by Crippen LogP contribution is 2.38. The number of rotatable bonds is 43. The Kier molecular flexibility index (Phi) is 38.9. The first-order valence-electron chi connectivity index (χ1n) is 23.5. The summed E-state index contributed by atoms with van der Waals surface area (Å²) in [5, 5.41) is 0. The number of esters is 2. The summed E-state index contributed by atoms with van der Waals surface area (Å²) in [6.45, 7) is 4.20. The van der Waals surface area contributed by atoms with Crippen molar-refractivity contribution < 1.29 is 42.1 Å². The first kappa shape index (κ1) is 55.5. The molecule has 0 fully saturated rings. The van der Waals surface area contributed by atoms with Crippen LogP contribution in [-0.2, 0) is 32.7 Å². The summed E-state index contributed by atoms with van der Waals surface area (Å²) < 4.78 is 33.9. The van der Waals surface area contributed by atoms with Crippen molar-refractivity contribution in [3.05, 3.63) is 24.3 Å². The minimum Gasteiger partial charge on any atom is -0.756 e. The largest absolute Gasteiger partial charge is 0.756 e. The molecule has 0 spiro atoms. The highest BCUT2D eigenvalue weighted by molar-refractivity contribution is 7.45. The first-order valence-corrected chi connectivity index (χ1v) is 25.0. The quantitative estimate of drug-likeness (QED) is 0.0196. The van der Waals surface area contributed by atoms with Crippen LogP contribution in [0, 0.1) is 0 Å². The molecule has 1 unspecified atom stereocenters. The van der Waals surface area contributed by atoms with E-state index in [9.17, 15) is 19.0 Å². The van der Waals surface area contributed by atoms with E-state index in [1.54, 1.807) is 0 Å². The smallest absolute Gasteiger partial charge is 0.306 e. The molecule has 9 nitrogen and oxygen atoms in total.